The standard InChI is InChI=1S/C22H32N4O3/c1-15(29-21(2,3)14-23)26-8-5-22(6-9-26)11-17(22)12-25-20(27)18-10-16-4-7-24-13-19(16)28-18/h4,7,13,17-18H,1,5-6,8-12,14,23H2,2-3H3,(H,25,27). The summed E-state index contributed by atoms with van der Waals surface area (Å²) in [5.74, 6) is 1.97. The van der Waals surface area contributed by atoms with E-state index in [9.17, 15) is 4.79 Å². The fourth-order valence-corrected chi connectivity index (χ4v) is 4.52. The minimum Gasteiger partial charge on any atom is -0.478 e. The van der Waals surface area contributed by atoms with Gasteiger partial charge < -0.3 is 25.4 Å². The summed E-state index contributed by atoms with van der Waals surface area (Å²) >= 11 is 0. The van der Waals surface area contributed by atoms with Gasteiger partial charge in [-0.25, -0.2) is 0 Å². The maximum atomic E-state index is 12.5. The second-order valence-electron chi connectivity index (χ2n) is 9.25. The number of piperidine rings is 1. The van der Waals surface area contributed by atoms with Crippen LogP contribution in [0.25, 0.3) is 0 Å². The molecule has 1 saturated carbocycles. The quantitative estimate of drug-likeness (QED) is 0.679. The highest BCUT2D eigenvalue weighted by atomic mass is 16.5. The van der Waals surface area contributed by atoms with Gasteiger partial charge in [0.2, 0.25) is 0 Å². The number of ether oxygens (including phenoxy) is 2. The molecule has 3 heterocycles. The molecule has 7 nitrogen and oxygen atoms in total. The lowest BCUT2D eigenvalue weighted by Gasteiger charge is -2.38. The summed E-state index contributed by atoms with van der Waals surface area (Å²) in [5, 5.41) is 3.11. The zero-order valence-electron chi connectivity index (χ0n) is 17.4. The van der Waals surface area contributed by atoms with Crippen LogP contribution >= 0.6 is 0 Å². The van der Waals surface area contributed by atoms with Gasteiger partial charge in [0.15, 0.2) is 12.0 Å². The van der Waals surface area contributed by atoms with Crippen LogP contribution in [0.3, 0.4) is 0 Å². The van der Waals surface area contributed by atoms with Gasteiger partial charge in [-0.3, -0.25) is 9.78 Å². The Hall–Kier alpha value is -2.28. The molecule has 2 atom stereocenters. The van der Waals surface area contributed by atoms with E-state index in [-0.39, 0.29) is 5.91 Å². The van der Waals surface area contributed by atoms with E-state index in [0.717, 1.165) is 43.8 Å². The van der Waals surface area contributed by atoms with Gasteiger partial charge in [0.1, 0.15) is 11.4 Å². The monoisotopic (exact) mass is 400 g/mol. The summed E-state index contributed by atoms with van der Waals surface area (Å²) < 4.78 is 11.7. The number of fused-ring (bicyclic) bond motifs is 1. The topological polar surface area (TPSA) is 89.7 Å². The summed E-state index contributed by atoms with van der Waals surface area (Å²) in [4.78, 5) is 18.8. The average Bonchev–Trinajstić information content (AvgIpc) is 3.18. The normalized spacial score (nSPS) is 24.6. The third-order valence-corrected chi connectivity index (χ3v) is 6.72. The van der Waals surface area contributed by atoms with Crippen LogP contribution in [-0.2, 0) is 16.0 Å². The molecular formula is C22H32N4O3. The van der Waals surface area contributed by atoms with Crippen molar-refractivity contribution in [2.45, 2.75) is 51.2 Å². The molecule has 1 amide bonds. The molecule has 1 saturated heterocycles. The van der Waals surface area contributed by atoms with Crippen molar-refractivity contribution in [3.63, 3.8) is 0 Å². The second-order valence-corrected chi connectivity index (χ2v) is 9.25. The molecular weight excluding hydrogens is 368 g/mol. The number of hydrogen-bond donors (Lipinski definition) is 2. The Kier molecular flexibility index (Phi) is 5.19. The predicted molar refractivity (Wildman–Crippen MR) is 110 cm³/mol. The average molecular weight is 401 g/mol. The summed E-state index contributed by atoms with van der Waals surface area (Å²) in [7, 11) is 0. The van der Waals surface area contributed by atoms with Crippen LogP contribution in [0.15, 0.2) is 30.9 Å². The Morgan fingerprint density at radius 1 is 1.48 bits per heavy atom. The Morgan fingerprint density at radius 3 is 2.93 bits per heavy atom. The maximum Gasteiger partial charge on any atom is 0.261 e. The van der Waals surface area contributed by atoms with Gasteiger partial charge in [-0.2, -0.15) is 0 Å². The molecule has 3 N–H and O–H groups in total. The Morgan fingerprint density at radius 2 is 2.24 bits per heavy atom. The number of likely N-dealkylation sites (tertiary alicyclic amines) is 1. The number of hydrogen-bond acceptors (Lipinski definition) is 6. The zero-order valence-corrected chi connectivity index (χ0v) is 17.4. The summed E-state index contributed by atoms with van der Waals surface area (Å²) in [5.41, 5.74) is 6.77. The predicted octanol–water partition coefficient (Wildman–Crippen LogP) is 1.83. The van der Waals surface area contributed by atoms with Crippen LogP contribution < -0.4 is 15.8 Å². The van der Waals surface area contributed by atoms with Gasteiger partial charge in [-0.15, -0.1) is 0 Å². The van der Waals surface area contributed by atoms with Crippen LogP contribution in [0, 0.1) is 11.3 Å². The molecule has 2 fully saturated rings. The second kappa shape index (κ2) is 7.52. The first-order valence-corrected chi connectivity index (χ1v) is 10.5. The van der Waals surface area contributed by atoms with E-state index in [1.807, 2.05) is 19.9 Å². The number of nitrogens with two attached hydrogens (primary N) is 1. The SMILES string of the molecule is C=C(OC(C)(C)CN)N1CCC2(CC1)CC2CNC(=O)C1Cc2ccncc2O1. The van der Waals surface area contributed by atoms with Crippen molar-refractivity contribution in [3.8, 4) is 5.75 Å². The van der Waals surface area contributed by atoms with Gasteiger partial charge in [-0.1, -0.05) is 0 Å². The number of amides is 1. The minimum atomic E-state index is -0.433. The largest absolute Gasteiger partial charge is 0.478 e. The van der Waals surface area contributed by atoms with Crippen molar-refractivity contribution in [2.75, 3.05) is 26.2 Å². The first kappa shape index (κ1) is 20.0. The molecule has 2 unspecified atom stereocenters. The fraction of sp³-hybridized carbons (Fsp3) is 0.636. The third-order valence-electron chi connectivity index (χ3n) is 6.72. The lowest BCUT2D eigenvalue weighted by atomic mass is 9.91. The smallest absolute Gasteiger partial charge is 0.261 e. The molecule has 158 valence electrons. The molecule has 1 aromatic heterocycles. The fourth-order valence-electron chi connectivity index (χ4n) is 4.52. The van der Waals surface area contributed by atoms with Crippen molar-refractivity contribution >= 4 is 5.91 Å². The van der Waals surface area contributed by atoms with Crippen LogP contribution in [0.4, 0.5) is 0 Å². The first-order chi connectivity index (χ1) is 13.8. The van der Waals surface area contributed by atoms with E-state index < -0.39 is 11.7 Å². The van der Waals surface area contributed by atoms with E-state index in [4.69, 9.17) is 15.2 Å². The Balaban J connectivity index is 1.20. The molecule has 29 heavy (non-hydrogen) atoms. The lowest BCUT2D eigenvalue weighted by molar-refractivity contribution is -0.127. The number of nitrogens with one attached hydrogen (secondary N) is 1. The molecule has 1 aliphatic carbocycles. The number of nitrogens with zero attached hydrogens (tertiary/aromatic N) is 2. The molecule has 0 radical (unpaired) electrons. The van der Waals surface area contributed by atoms with Crippen molar-refractivity contribution in [1.82, 2.24) is 15.2 Å². The van der Waals surface area contributed by atoms with Crippen LogP contribution in [0.1, 0.15) is 38.7 Å². The summed E-state index contributed by atoms with van der Waals surface area (Å²) in [6.07, 6.45) is 7.00. The van der Waals surface area contributed by atoms with E-state index in [1.54, 1.807) is 12.4 Å². The first-order valence-electron chi connectivity index (χ1n) is 10.5. The number of aromatic nitrogens is 1. The molecule has 0 bridgehead atoms. The number of pyridine rings is 1. The molecule has 1 aromatic rings. The molecule has 7 heteroatoms. The molecule has 4 rings (SSSR count). The number of carbonyl (C=O) groups is 1. The summed E-state index contributed by atoms with van der Waals surface area (Å²) in [6, 6.07) is 1.92. The van der Waals surface area contributed by atoms with E-state index in [1.165, 1.54) is 6.42 Å². The Bertz CT molecular complexity index is 761. The van der Waals surface area contributed by atoms with Crippen molar-refractivity contribution < 1.29 is 14.3 Å². The van der Waals surface area contributed by atoms with Gasteiger partial charge in [0.25, 0.3) is 5.91 Å². The zero-order chi connectivity index (χ0) is 20.6. The van der Waals surface area contributed by atoms with E-state index in [0.29, 0.717) is 30.2 Å². The number of rotatable bonds is 7. The van der Waals surface area contributed by atoms with Crippen LogP contribution in [0.5, 0.6) is 5.75 Å². The van der Waals surface area contributed by atoms with Gasteiger partial charge in [-0.05, 0) is 57.1 Å². The highest BCUT2D eigenvalue weighted by Gasteiger charge is 2.54. The van der Waals surface area contributed by atoms with Crippen molar-refractivity contribution in [3.05, 3.63) is 36.5 Å². The minimum absolute atomic E-state index is 0.0218. The third kappa shape index (κ3) is 4.20. The molecule has 1 spiro atoms. The van der Waals surface area contributed by atoms with Gasteiger partial charge >= 0.3 is 0 Å². The summed E-state index contributed by atoms with van der Waals surface area (Å²) in [6.45, 7) is 11.1. The van der Waals surface area contributed by atoms with E-state index in [2.05, 4.69) is 21.8 Å². The van der Waals surface area contributed by atoms with Gasteiger partial charge in [0, 0.05) is 44.4 Å². The van der Waals surface area contributed by atoms with Gasteiger partial charge in [0.05, 0.1) is 6.20 Å². The lowest BCUT2D eigenvalue weighted by Crippen LogP contribution is -2.41. The number of carbonyl (C=O) groups excluding carboxylic acids is 1. The van der Waals surface area contributed by atoms with Crippen molar-refractivity contribution in [2.24, 2.45) is 17.1 Å². The highest BCUT2D eigenvalue weighted by molar-refractivity contribution is 5.82. The van der Waals surface area contributed by atoms with Crippen molar-refractivity contribution in [1.29, 1.82) is 0 Å². The molecule has 0 aromatic carbocycles. The Labute approximate surface area is 172 Å². The van der Waals surface area contributed by atoms with Crippen LogP contribution in [0.2, 0.25) is 0 Å². The van der Waals surface area contributed by atoms with E-state index >= 15 is 0 Å². The molecule has 3 aliphatic rings. The highest BCUT2D eigenvalue weighted by Crippen LogP contribution is 2.59. The van der Waals surface area contributed by atoms with Crippen LogP contribution in [-0.4, -0.2) is 53.7 Å². The molecule has 2 aliphatic heterocycles. The maximum absolute atomic E-state index is 12.5.